The molecule has 2 aromatic rings. The Kier molecular flexibility index (Phi) is 4.83. The minimum Gasteiger partial charge on any atom is -0.340 e. The lowest BCUT2D eigenvalue weighted by Crippen LogP contribution is -2.25. The molecule has 0 bridgehead atoms. The van der Waals surface area contributed by atoms with Crippen molar-refractivity contribution in [3.05, 3.63) is 24.0 Å². The quantitative estimate of drug-likeness (QED) is 0.749. The molecule has 2 fully saturated rings. The zero-order chi connectivity index (χ0) is 17.1. The van der Waals surface area contributed by atoms with Gasteiger partial charge in [0.2, 0.25) is 5.95 Å². The number of rotatable bonds is 6. The fourth-order valence-electron chi connectivity index (χ4n) is 4.02. The van der Waals surface area contributed by atoms with Crippen molar-refractivity contribution in [2.24, 2.45) is 5.92 Å². The molecule has 1 aliphatic heterocycles. The Morgan fingerprint density at radius 2 is 2.12 bits per heavy atom. The zero-order valence-corrected chi connectivity index (χ0v) is 14.8. The van der Waals surface area contributed by atoms with Crippen molar-refractivity contribution in [2.45, 2.75) is 38.0 Å². The Hall–Kier alpha value is -2.15. The van der Waals surface area contributed by atoms with Crippen LogP contribution in [0.25, 0.3) is 0 Å². The molecule has 0 radical (unpaired) electrons. The summed E-state index contributed by atoms with van der Waals surface area (Å²) in [5.74, 6) is 3.74. The number of H-pyrrole nitrogens is 1. The van der Waals surface area contributed by atoms with Gasteiger partial charge in [0.25, 0.3) is 0 Å². The number of nitrogens with zero attached hydrogens (tertiary/aromatic N) is 4. The van der Waals surface area contributed by atoms with Gasteiger partial charge in [-0.25, -0.2) is 4.98 Å². The van der Waals surface area contributed by atoms with Gasteiger partial charge >= 0.3 is 0 Å². The molecular weight excluding hydrogens is 314 g/mol. The maximum Gasteiger partial charge on any atom is 0.227 e. The number of aromatic amines is 1. The smallest absolute Gasteiger partial charge is 0.227 e. The van der Waals surface area contributed by atoms with Crippen molar-refractivity contribution in [1.29, 1.82) is 0 Å². The van der Waals surface area contributed by atoms with E-state index < -0.39 is 0 Å². The molecule has 1 saturated heterocycles. The molecular formula is C18H27N7. The summed E-state index contributed by atoms with van der Waals surface area (Å²) in [6.07, 6.45) is 8.19. The second kappa shape index (κ2) is 7.39. The fourth-order valence-corrected chi connectivity index (χ4v) is 4.02. The molecule has 1 aliphatic carbocycles. The Balaban J connectivity index is 1.41. The van der Waals surface area contributed by atoms with Gasteiger partial charge < -0.3 is 15.5 Å². The summed E-state index contributed by atoms with van der Waals surface area (Å²) >= 11 is 0. The summed E-state index contributed by atoms with van der Waals surface area (Å²) in [4.78, 5) is 11.4. The highest BCUT2D eigenvalue weighted by Crippen LogP contribution is 2.34. The minimum absolute atomic E-state index is 0.637. The van der Waals surface area contributed by atoms with E-state index in [2.05, 4.69) is 41.8 Å². The first-order valence-electron chi connectivity index (χ1n) is 9.37. The lowest BCUT2D eigenvalue weighted by atomic mass is 10.0. The van der Waals surface area contributed by atoms with E-state index in [1.165, 1.54) is 37.8 Å². The van der Waals surface area contributed by atoms with Gasteiger partial charge in [-0.1, -0.05) is 12.8 Å². The molecule has 3 N–H and O–H groups in total. The number of aromatic nitrogens is 4. The van der Waals surface area contributed by atoms with Crippen LogP contribution in [-0.2, 0) is 0 Å². The first kappa shape index (κ1) is 16.3. The van der Waals surface area contributed by atoms with E-state index in [-0.39, 0.29) is 0 Å². The van der Waals surface area contributed by atoms with Gasteiger partial charge in [-0.05, 0) is 44.8 Å². The van der Waals surface area contributed by atoms with Crippen molar-refractivity contribution in [1.82, 2.24) is 25.5 Å². The van der Waals surface area contributed by atoms with E-state index in [1.807, 2.05) is 19.3 Å². The third-order valence-electron chi connectivity index (χ3n) is 5.35. The highest BCUT2D eigenvalue weighted by molar-refractivity contribution is 5.53. The van der Waals surface area contributed by atoms with Gasteiger partial charge in [0, 0.05) is 37.0 Å². The summed E-state index contributed by atoms with van der Waals surface area (Å²) in [6.45, 7) is 3.08. The molecule has 1 atom stereocenters. The second-order valence-electron chi connectivity index (χ2n) is 7.22. The van der Waals surface area contributed by atoms with Crippen LogP contribution in [0.3, 0.4) is 0 Å². The molecule has 134 valence electrons. The van der Waals surface area contributed by atoms with Crippen molar-refractivity contribution in [3.63, 3.8) is 0 Å². The molecule has 1 saturated carbocycles. The molecule has 0 spiro atoms. The highest BCUT2D eigenvalue weighted by Gasteiger charge is 2.24. The van der Waals surface area contributed by atoms with E-state index in [0.717, 1.165) is 37.2 Å². The largest absolute Gasteiger partial charge is 0.340 e. The second-order valence-corrected chi connectivity index (χ2v) is 7.22. The van der Waals surface area contributed by atoms with Crippen LogP contribution in [0.5, 0.6) is 0 Å². The summed E-state index contributed by atoms with van der Waals surface area (Å²) in [7, 11) is 2.01. The number of hydrogen-bond donors (Lipinski definition) is 3. The summed E-state index contributed by atoms with van der Waals surface area (Å²) in [6, 6.07) is 4.02. The molecule has 2 aromatic heterocycles. The molecule has 2 aliphatic rings. The topological polar surface area (TPSA) is 81.8 Å². The van der Waals surface area contributed by atoms with E-state index >= 15 is 0 Å². The molecule has 3 heterocycles. The number of hydrogen-bond acceptors (Lipinski definition) is 6. The molecule has 4 rings (SSSR count). The highest BCUT2D eigenvalue weighted by atomic mass is 15.3. The summed E-state index contributed by atoms with van der Waals surface area (Å²) in [5, 5.41) is 14.2. The average molecular weight is 341 g/mol. The van der Waals surface area contributed by atoms with Crippen LogP contribution < -0.4 is 15.5 Å². The van der Waals surface area contributed by atoms with Gasteiger partial charge in [-0.15, -0.1) is 0 Å². The Bertz CT molecular complexity index is 692. The normalized spacial score (nSPS) is 21.2. The van der Waals surface area contributed by atoms with Crippen LogP contribution >= 0.6 is 0 Å². The average Bonchev–Trinajstić information content (AvgIpc) is 3.37. The van der Waals surface area contributed by atoms with E-state index in [1.54, 1.807) is 0 Å². The third kappa shape index (κ3) is 3.76. The molecule has 7 nitrogen and oxygen atoms in total. The fraction of sp³-hybridized carbons (Fsp3) is 0.611. The van der Waals surface area contributed by atoms with Gasteiger partial charge in [-0.2, -0.15) is 10.1 Å². The lowest BCUT2D eigenvalue weighted by molar-refractivity contribution is 0.548. The van der Waals surface area contributed by atoms with Crippen LogP contribution in [0.15, 0.2) is 18.3 Å². The van der Waals surface area contributed by atoms with Gasteiger partial charge in [0.15, 0.2) is 5.82 Å². The summed E-state index contributed by atoms with van der Waals surface area (Å²) in [5.41, 5.74) is 1.24. The third-order valence-corrected chi connectivity index (χ3v) is 5.35. The molecule has 7 heteroatoms. The first-order valence-corrected chi connectivity index (χ1v) is 9.37. The maximum atomic E-state index is 4.68. The van der Waals surface area contributed by atoms with Gasteiger partial charge in [-0.3, -0.25) is 5.10 Å². The first-order chi connectivity index (χ1) is 12.3. The van der Waals surface area contributed by atoms with Crippen molar-refractivity contribution < 1.29 is 0 Å². The number of nitrogens with one attached hydrogen (secondary N) is 3. The monoisotopic (exact) mass is 341 g/mol. The van der Waals surface area contributed by atoms with Crippen LogP contribution in [0, 0.1) is 5.92 Å². The van der Waals surface area contributed by atoms with Crippen LogP contribution in [-0.4, -0.2) is 46.8 Å². The molecule has 0 aromatic carbocycles. The predicted molar refractivity (Wildman–Crippen MR) is 99.4 cm³/mol. The molecule has 0 unspecified atom stereocenters. The SMILES string of the molecule is CNC[C@@H]1CCN(c2nccc(Nc3cc(C4CCCC4)[nH]n3)n2)C1. The van der Waals surface area contributed by atoms with Crippen LogP contribution in [0.2, 0.25) is 0 Å². The zero-order valence-electron chi connectivity index (χ0n) is 14.8. The van der Waals surface area contributed by atoms with Gasteiger partial charge in [0.05, 0.1) is 0 Å². The Labute approximate surface area is 148 Å². The van der Waals surface area contributed by atoms with Crippen LogP contribution in [0.4, 0.5) is 17.6 Å². The summed E-state index contributed by atoms with van der Waals surface area (Å²) < 4.78 is 0. The molecule has 25 heavy (non-hydrogen) atoms. The minimum atomic E-state index is 0.637. The Morgan fingerprint density at radius 1 is 1.24 bits per heavy atom. The maximum absolute atomic E-state index is 4.68. The Morgan fingerprint density at radius 3 is 2.96 bits per heavy atom. The standard InChI is InChI=1S/C18H27N7/c1-19-11-13-7-9-25(12-13)18-20-8-6-16(22-18)21-17-10-15(23-24-17)14-4-2-3-5-14/h6,8,10,13-14,19H,2-5,7,9,11-12H2,1H3,(H2,20,21,22,23,24)/t13-/m0/s1. The van der Waals surface area contributed by atoms with Crippen molar-refractivity contribution in [3.8, 4) is 0 Å². The van der Waals surface area contributed by atoms with Gasteiger partial charge in [0.1, 0.15) is 5.82 Å². The lowest BCUT2D eigenvalue weighted by Gasteiger charge is -2.16. The van der Waals surface area contributed by atoms with E-state index in [0.29, 0.717) is 11.8 Å². The predicted octanol–water partition coefficient (Wildman–Crippen LogP) is 2.65. The van der Waals surface area contributed by atoms with Crippen molar-refractivity contribution in [2.75, 3.05) is 36.9 Å². The van der Waals surface area contributed by atoms with Crippen LogP contribution in [0.1, 0.15) is 43.7 Å². The van der Waals surface area contributed by atoms with E-state index in [9.17, 15) is 0 Å². The van der Waals surface area contributed by atoms with Crippen molar-refractivity contribution >= 4 is 17.6 Å². The van der Waals surface area contributed by atoms with E-state index in [4.69, 9.17) is 0 Å². The number of anilines is 3. The molecule has 0 amide bonds.